The highest BCUT2D eigenvalue weighted by Crippen LogP contribution is 2.29. The maximum Gasteiger partial charge on any atom is 0.119 e. The lowest BCUT2D eigenvalue weighted by molar-refractivity contribution is 0.415. The van der Waals surface area contributed by atoms with Crippen molar-refractivity contribution >= 4 is 16.6 Å². The van der Waals surface area contributed by atoms with E-state index in [1.807, 2.05) is 49.4 Å². The second kappa shape index (κ2) is 6.40. The molecule has 0 aliphatic heterocycles. The Morgan fingerprint density at radius 1 is 1.12 bits per heavy atom. The van der Waals surface area contributed by atoms with Crippen molar-refractivity contribution in [2.75, 3.05) is 12.8 Å². The molecule has 0 amide bonds. The van der Waals surface area contributed by atoms with Crippen molar-refractivity contribution in [2.45, 2.75) is 13.5 Å². The average Bonchev–Trinajstić information content (AvgIpc) is 2.92. The van der Waals surface area contributed by atoms with Crippen LogP contribution in [0.1, 0.15) is 23.7 Å². The van der Waals surface area contributed by atoms with Crippen LogP contribution in [0, 0.1) is 23.2 Å². The molecule has 0 atom stereocenters. The molecule has 0 spiro atoms. The zero-order chi connectivity index (χ0) is 17.1. The number of aryl methyl sites for hydroxylation is 1. The number of benzene rings is 2. The fourth-order valence-corrected chi connectivity index (χ4v) is 2.73. The van der Waals surface area contributed by atoms with E-state index in [1.54, 1.807) is 7.11 Å². The molecule has 4 nitrogen and oxygen atoms in total. The maximum absolute atomic E-state index is 9.63. The highest BCUT2D eigenvalue weighted by Gasteiger charge is 2.15. The van der Waals surface area contributed by atoms with Gasteiger partial charge in [-0.25, -0.2) is 0 Å². The molecule has 3 aromatic rings. The van der Waals surface area contributed by atoms with Crippen LogP contribution in [-0.4, -0.2) is 11.7 Å². The summed E-state index contributed by atoms with van der Waals surface area (Å²) < 4.78 is 7.33. The third-order valence-corrected chi connectivity index (χ3v) is 3.93. The van der Waals surface area contributed by atoms with Crippen LogP contribution in [-0.2, 0) is 6.54 Å². The van der Waals surface area contributed by atoms with Crippen molar-refractivity contribution in [1.29, 1.82) is 5.26 Å². The van der Waals surface area contributed by atoms with E-state index >= 15 is 0 Å². The number of methoxy groups -OCH3 is 1. The Labute approximate surface area is 141 Å². The minimum Gasteiger partial charge on any atom is -0.497 e. The number of anilines is 1. The van der Waals surface area contributed by atoms with Crippen molar-refractivity contribution in [3.8, 4) is 23.7 Å². The van der Waals surface area contributed by atoms with E-state index in [2.05, 4.69) is 22.5 Å². The van der Waals surface area contributed by atoms with Gasteiger partial charge < -0.3 is 15.0 Å². The van der Waals surface area contributed by atoms with E-state index in [0.717, 1.165) is 34.5 Å². The van der Waals surface area contributed by atoms with Gasteiger partial charge in [-0.2, -0.15) is 5.26 Å². The van der Waals surface area contributed by atoms with E-state index in [-0.39, 0.29) is 0 Å². The first-order chi connectivity index (χ1) is 11.7. The third-order valence-electron chi connectivity index (χ3n) is 3.93. The summed E-state index contributed by atoms with van der Waals surface area (Å²) in [7, 11) is 1.62. The monoisotopic (exact) mass is 315 g/mol. The summed E-state index contributed by atoms with van der Waals surface area (Å²) in [6, 6.07) is 15.4. The molecule has 0 fully saturated rings. The minimum atomic E-state index is 0.577. The maximum atomic E-state index is 9.63. The average molecular weight is 315 g/mol. The Balaban J connectivity index is 2.20. The van der Waals surface area contributed by atoms with Crippen LogP contribution in [0.5, 0.6) is 5.75 Å². The number of rotatable bonds is 2. The molecule has 24 heavy (non-hydrogen) atoms. The summed E-state index contributed by atoms with van der Waals surface area (Å²) in [5.41, 5.74) is 9.54. The van der Waals surface area contributed by atoms with Crippen LogP contribution < -0.4 is 10.5 Å². The summed E-state index contributed by atoms with van der Waals surface area (Å²) in [5, 5.41) is 10.5. The smallest absolute Gasteiger partial charge is 0.119 e. The normalized spacial score (nSPS) is 10.0. The number of nitrogens with two attached hydrogens (primary N) is 1. The molecule has 1 heterocycles. The van der Waals surface area contributed by atoms with Gasteiger partial charge in [0.05, 0.1) is 18.2 Å². The molecule has 0 aliphatic rings. The largest absolute Gasteiger partial charge is 0.497 e. The zero-order valence-electron chi connectivity index (χ0n) is 13.6. The Hall–Kier alpha value is -3.37. The molecule has 0 bridgehead atoms. The van der Waals surface area contributed by atoms with Gasteiger partial charge in [-0.15, -0.1) is 0 Å². The van der Waals surface area contributed by atoms with Crippen molar-refractivity contribution in [3.05, 3.63) is 59.3 Å². The molecule has 0 saturated carbocycles. The molecule has 0 radical (unpaired) electrons. The molecule has 118 valence electrons. The lowest BCUT2D eigenvalue weighted by Crippen LogP contribution is -1.98. The number of aromatic nitrogens is 1. The van der Waals surface area contributed by atoms with Crippen LogP contribution in [0.3, 0.4) is 0 Å². The van der Waals surface area contributed by atoms with Crippen molar-refractivity contribution in [1.82, 2.24) is 4.57 Å². The van der Waals surface area contributed by atoms with Gasteiger partial charge >= 0.3 is 0 Å². The van der Waals surface area contributed by atoms with Crippen LogP contribution in [0.2, 0.25) is 0 Å². The summed E-state index contributed by atoms with van der Waals surface area (Å²) in [6.45, 7) is 2.77. The molecule has 4 heteroatoms. The fraction of sp³-hybridized carbons (Fsp3) is 0.150. The second-order valence-electron chi connectivity index (χ2n) is 5.33. The predicted molar refractivity (Wildman–Crippen MR) is 95.7 cm³/mol. The van der Waals surface area contributed by atoms with Gasteiger partial charge in [0.1, 0.15) is 17.5 Å². The van der Waals surface area contributed by atoms with E-state index < -0.39 is 0 Å². The summed E-state index contributed by atoms with van der Waals surface area (Å²) >= 11 is 0. The molecule has 2 aromatic carbocycles. The Bertz CT molecular complexity index is 996. The quantitative estimate of drug-likeness (QED) is 0.581. The van der Waals surface area contributed by atoms with Crippen molar-refractivity contribution < 1.29 is 4.74 Å². The molecular weight excluding hydrogens is 298 g/mol. The molecule has 3 rings (SSSR count). The SMILES string of the molecule is CCn1c(C#Cc2ccc(N)cc2)c(C#N)c2cc(OC)ccc21. The zero-order valence-corrected chi connectivity index (χ0v) is 13.6. The van der Waals surface area contributed by atoms with Gasteiger partial charge in [-0.05, 0) is 55.3 Å². The minimum absolute atomic E-state index is 0.577. The van der Waals surface area contributed by atoms with Gasteiger partial charge in [-0.1, -0.05) is 5.92 Å². The lowest BCUT2D eigenvalue weighted by Gasteiger charge is -2.03. The summed E-state index contributed by atoms with van der Waals surface area (Å²) in [6.07, 6.45) is 0. The second-order valence-corrected chi connectivity index (χ2v) is 5.33. The Morgan fingerprint density at radius 2 is 1.88 bits per heavy atom. The van der Waals surface area contributed by atoms with Crippen LogP contribution in [0.15, 0.2) is 42.5 Å². The highest BCUT2D eigenvalue weighted by atomic mass is 16.5. The Kier molecular flexibility index (Phi) is 4.14. The van der Waals surface area contributed by atoms with Crippen molar-refractivity contribution in [2.24, 2.45) is 0 Å². The first kappa shape index (κ1) is 15.5. The number of nitriles is 1. The van der Waals surface area contributed by atoms with Gasteiger partial charge in [0.25, 0.3) is 0 Å². The topological polar surface area (TPSA) is 64.0 Å². The van der Waals surface area contributed by atoms with Gasteiger partial charge in [0, 0.05) is 23.2 Å². The van der Waals surface area contributed by atoms with E-state index in [1.165, 1.54) is 0 Å². The van der Waals surface area contributed by atoms with E-state index in [4.69, 9.17) is 10.5 Å². The molecule has 0 aliphatic carbocycles. The van der Waals surface area contributed by atoms with Crippen LogP contribution in [0.25, 0.3) is 10.9 Å². The first-order valence-corrected chi connectivity index (χ1v) is 7.65. The summed E-state index contributed by atoms with van der Waals surface area (Å²) in [5.74, 6) is 7.00. The number of hydrogen-bond acceptors (Lipinski definition) is 3. The molecule has 0 saturated heterocycles. The lowest BCUT2D eigenvalue weighted by atomic mass is 10.1. The van der Waals surface area contributed by atoms with Gasteiger partial charge in [0.2, 0.25) is 0 Å². The fourth-order valence-electron chi connectivity index (χ4n) is 2.73. The van der Waals surface area contributed by atoms with Gasteiger partial charge in [0.15, 0.2) is 0 Å². The number of nitrogen functional groups attached to an aromatic ring is 1. The summed E-state index contributed by atoms with van der Waals surface area (Å²) in [4.78, 5) is 0. The van der Waals surface area contributed by atoms with Crippen LogP contribution in [0.4, 0.5) is 5.69 Å². The number of fused-ring (bicyclic) bond motifs is 1. The van der Waals surface area contributed by atoms with Crippen LogP contribution >= 0.6 is 0 Å². The molecular formula is C20H17N3O. The van der Waals surface area contributed by atoms with Crippen molar-refractivity contribution in [3.63, 3.8) is 0 Å². The number of nitrogens with zero attached hydrogens (tertiary/aromatic N) is 2. The third kappa shape index (κ3) is 2.66. The van der Waals surface area contributed by atoms with E-state index in [0.29, 0.717) is 11.3 Å². The molecule has 2 N–H and O–H groups in total. The van der Waals surface area contributed by atoms with E-state index in [9.17, 15) is 5.26 Å². The molecule has 0 unspecified atom stereocenters. The highest BCUT2D eigenvalue weighted by molar-refractivity contribution is 5.90. The number of hydrogen-bond donors (Lipinski definition) is 1. The first-order valence-electron chi connectivity index (χ1n) is 7.65. The Morgan fingerprint density at radius 3 is 2.50 bits per heavy atom. The molecule has 1 aromatic heterocycles. The van der Waals surface area contributed by atoms with Gasteiger partial charge in [-0.3, -0.25) is 0 Å². The predicted octanol–water partition coefficient (Wildman–Crippen LogP) is 3.52. The standard InChI is InChI=1S/C20H17N3O/c1-3-23-19-11-9-16(24-2)12-17(19)18(13-21)20(23)10-6-14-4-7-15(22)8-5-14/h4-5,7-9,11-12H,3,22H2,1-2H3. The number of ether oxygens (including phenoxy) is 1.